The normalized spacial score (nSPS) is 14.8. The number of aromatic hydroxyl groups is 1. The Labute approximate surface area is 151 Å². The molecule has 1 aliphatic heterocycles. The zero-order valence-corrected chi connectivity index (χ0v) is 14.4. The molecule has 3 rings (SSSR count). The van der Waals surface area contributed by atoms with Gasteiger partial charge in [0.1, 0.15) is 5.75 Å². The molecular weight excluding hydrogens is 336 g/mol. The lowest BCUT2D eigenvalue weighted by Gasteiger charge is -2.18. The molecule has 7 heteroatoms. The molecule has 0 fully saturated rings. The van der Waals surface area contributed by atoms with Crippen LogP contribution in [-0.4, -0.2) is 35.5 Å². The van der Waals surface area contributed by atoms with E-state index in [1.54, 1.807) is 6.07 Å². The maximum Gasteiger partial charge on any atom is 0.252 e. The molecule has 26 heavy (non-hydrogen) atoms. The van der Waals surface area contributed by atoms with E-state index >= 15 is 0 Å². The number of nitrogens with two attached hydrogens (primary N) is 1. The summed E-state index contributed by atoms with van der Waals surface area (Å²) in [4.78, 5) is 11.3. The number of aliphatic hydroxyl groups excluding tert-OH is 1. The lowest BCUT2D eigenvalue weighted by molar-refractivity contribution is 0.0997. The molecule has 1 amide bonds. The molecule has 2 aromatic carbocycles. The van der Waals surface area contributed by atoms with Crippen LogP contribution in [-0.2, 0) is 6.42 Å². The van der Waals surface area contributed by atoms with Crippen molar-refractivity contribution in [1.29, 1.82) is 0 Å². The number of aliphatic hydroxyl groups is 1. The summed E-state index contributed by atoms with van der Waals surface area (Å²) in [7, 11) is 0. The van der Waals surface area contributed by atoms with E-state index in [2.05, 4.69) is 5.32 Å². The topological polar surface area (TPSA) is 114 Å². The summed E-state index contributed by atoms with van der Waals surface area (Å²) in [6.07, 6.45) is -0.0706. The number of phenols is 1. The Morgan fingerprint density at radius 2 is 2.00 bits per heavy atom. The lowest BCUT2D eigenvalue weighted by atomic mass is 10.0. The maximum atomic E-state index is 11.3. The standard InChI is InChI=1S/C19H22N2O5/c1-11(6-12-2-5-17-18(7-12)26-10-25-17)21-9-16(23)13-3-4-15(22)14(8-13)19(20)24/h2-5,7-8,11,16,21-23H,6,9-10H2,1H3,(H2,20,24). The third kappa shape index (κ3) is 4.07. The highest BCUT2D eigenvalue weighted by Crippen LogP contribution is 2.32. The van der Waals surface area contributed by atoms with Crippen molar-refractivity contribution in [3.05, 3.63) is 53.1 Å². The predicted molar refractivity (Wildman–Crippen MR) is 95.3 cm³/mol. The molecule has 0 saturated carbocycles. The molecule has 1 aliphatic rings. The van der Waals surface area contributed by atoms with E-state index in [-0.39, 0.29) is 24.1 Å². The smallest absolute Gasteiger partial charge is 0.252 e. The largest absolute Gasteiger partial charge is 0.507 e. The van der Waals surface area contributed by atoms with Gasteiger partial charge in [0.05, 0.1) is 11.7 Å². The van der Waals surface area contributed by atoms with Gasteiger partial charge in [-0.3, -0.25) is 4.79 Å². The second-order valence-electron chi connectivity index (χ2n) is 6.36. The van der Waals surface area contributed by atoms with Crippen molar-refractivity contribution in [3.8, 4) is 17.2 Å². The summed E-state index contributed by atoms with van der Waals surface area (Å²) in [5.74, 6) is 0.568. The number of fused-ring (bicyclic) bond motifs is 1. The molecule has 7 nitrogen and oxygen atoms in total. The van der Waals surface area contributed by atoms with Crippen molar-refractivity contribution in [2.45, 2.75) is 25.5 Å². The second kappa shape index (κ2) is 7.63. The molecule has 5 N–H and O–H groups in total. The van der Waals surface area contributed by atoms with E-state index in [0.29, 0.717) is 12.1 Å². The first-order chi connectivity index (χ1) is 12.4. The van der Waals surface area contributed by atoms with Gasteiger partial charge in [-0.1, -0.05) is 12.1 Å². The van der Waals surface area contributed by atoms with E-state index in [1.165, 1.54) is 12.1 Å². The Morgan fingerprint density at radius 3 is 2.77 bits per heavy atom. The van der Waals surface area contributed by atoms with Crippen LogP contribution in [0.15, 0.2) is 36.4 Å². The minimum Gasteiger partial charge on any atom is -0.507 e. The molecule has 1 heterocycles. The number of carbonyl (C=O) groups is 1. The minimum absolute atomic E-state index is 0.00467. The van der Waals surface area contributed by atoms with E-state index in [1.807, 2.05) is 25.1 Å². The van der Waals surface area contributed by atoms with Crippen molar-refractivity contribution in [2.75, 3.05) is 13.3 Å². The van der Waals surface area contributed by atoms with E-state index in [9.17, 15) is 15.0 Å². The van der Waals surface area contributed by atoms with Gasteiger partial charge in [-0.25, -0.2) is 0 Å². The van der Waals surface area contributed by atoms with Gasteiger partial charge in [0.2, 0.25) is 6.79 Å². The Balaban J connectivity index is 1.56. The van der Waals surface area contributed by atoms with Crippen LogP contribution < -0.4 is 20.5 Å². The average Bonchev–Trinajstić information content (AvgIpc) is 3.07. The first-order valence-electron chi connectivity index (χ1n) is 8.36. The second-order valence-corrected chi connectivity index (χ2v) is 6.36. The number of carbonyl (C=O) groups excluding carboxylic acids is 1. The average molecular weight is 358 g/mol. The number of primary amides is 1. The van der Waals surface area contributed by atoms with Gasteiger partial charge in [0.25, 0.3) is 5.91 Å². The summed E-state index contributed by atoms with van der Waals surface area (Å²) < 4.78 is 10.7. The number of amides is 1. The third-order valence-electron chi connectivity index (χ3n) is 4.31. The van der Waals surface area contributed by atoms with Crippen molar-refractivity contribution >= 4 is 5.91 Å². The molecule has 138 valence electrons. The Hall–Kier alpha value is -2.77. The molecule has 0 aliphatic carbocycles. The number of nitrogens with one attached hydrogen (secondary N) is 1. The predicted octanol–water partition coefficient (Wildman–Crippen LogP) is 1.47. The van der Waals surface area contributed by atoms with Gasteiger partial charge in [-0.05, 0) is 48.7 Å². The van der Waals surface area contributed by atoms with Crippen LogP contribution in [0.4, 0.5) is 0 Å². The van der Waals surface area contributed by atoms with Gasteiger partial charge in [-0.15, -0.1) is 0 Å². The molecule has 2 atom stereocenters. The number of hydrogen-bond acceptors (Lipinski definition) is 6. The van der Waals surface area contributed by atoms with Crippen LogP contribution in [0.3, 0.4) is 0 Å². The molecule has 0 bridgehead atoms. The number of rotatable bonds is 7. The van der Waals surface area contributed by atoms with Gasteiger partial charge in [0, 0.05) is 12.6 Å². The SMILES string of the molecule is CC(Cc1ccc2c(c1)OCO2)NCC(O)c1ccc(O)c(C(N)=O)c1. The van der Waals surface area contributed by atoms with Gasteiger partial charge >= 0.3 is 0 Å². The van der Waals surface area contributed by atoms with Crippen LogP contribution >= 0.6 is 0 Å². The van der Waals surface area contributed by atoms with Crippen LogP contribution in [0.25, 0.3) is 0 Å². The van der Waals surface area contributed by atoms with E-state index in [4.69, 9.17) is 15.2 Å². The highest BCUT2D eigenvalue weighted by atomic mass is 16.7. The van der Waals surface area contributed by atoms with Gasteiger partial charge < -0.3 is 30.7 Å². The molecular formula is C19H22N2O5. The minimum atomic E-state index is -0.826. The fraction of sp³-hybridized carbons (Fsp3) is 0.316. The highest BCUT2D eigenvalue weighted by Gasteiger charge is 2.16. The Kier molecular flexibility index (Phi) is 5.29. The zero-order chi connectivity index (χ0) is 18.7. The summed E-state index contributed by atoms with van der Waals surface area (Å²) in [6, 6.07) is 10.3. The summed E-state index contributed by atoms with van der Waals surface area (Å²) in [6.45, 7) is 2.57. The van der Waals surface area contributed by atoms with Gasteiger partial charge in [-0.2, -0.15) is 0 Å². The molecule has 2 aromatic rings. The number of hydrogen-bond donors (Lipinski definition) is 4. The number of ether oxygens (including phenoxy) is 2. The lowest BCUT2D eigenvalue weighted by Crippen LogP contribution is -2.32. The first kappa shape index (κ1) is 18.0. The summed E-state index contributed by atoms with van der Waals surface area (Å²) in [5, 5.41) is 23.2. The van der Waals surface area contributed by atoms with Crippen LogP contribution in [0.5, 0.6) is 17.2 Å². The van der Waals surface area contributed by atoms with Crippen LogP contribution in [0.2, 0.25) is 0 Å². The molecule has 0 spiro atoms. The molecule has 2 unspecified atom stereocenters. The quantitative estimate of drug-likeness (QED) is 0.596. The molecule has 0 saturated heterocycles. The van der Waals surface area contributed by atoms with Crippen LogP contribution in [0, 0.1) is 0 Å². The highest BCUT2D eigenvalue weighted by molar-refractivity contribution is 5.95. The van der Waals surface area contributed by atoms with E-state index in [0.717, 1.165) is 23.5 Å². The van der Waals surface area contributed by atoms with Gasteiger partial charge in [0.15, 0.2) is 11.5 Å². The first-order valence-corrected chi connectivity index (χ1v) is 8.36. The monoisotopic (exact) mass is 358 g/mol. The van der Waals surface area contributed by atoms with Crippen LogP contribution in [0.1, 0.15) is 34.5 Å². The maximum absolute atomic E-state index is 11.3. The third-order valence-corrected chi connectivity index (χ3v) is 4.31. The number of benzene rings is 2. The fourth-order valence-corrected chi connectivity index (χ4v) is 2.88. The Morgan fingerprint density at radius 1 is 1.23 bits per heavy atom. The molecule has 0 radical (unpaired) electrons. The summed E-state index contributed by atoms with van der Waals surface area (Å²) in [5.41, 5.74) is 6.83. The van der Waals surface area contributed by atoms with Crippen molar-refractivity contribution in [2.24, 2.45) is 5.73 Å². The van der Waals surface area contributed by atoms with Crippen molar-refractivity contribution in [1.82, 2.24) is 5.32 Å². The van der Waals surface area contributed by atoms with Crippen molar-refractivity contribution < 1.29 is 24.5 Å². The van der Waals surface area contributed by atoms with E-state index < -0.39 is 12.0 Å². The van der Waals surface area contributed by atoms with Crippen molar-refractivity contribution in [3.63, 3.8) is 0 Å². The summed E-state index contributed by atoms with van der Waals surface area (Å²) >= 11 is 0. The molecule has 0 aromatic heterocycles. The Bertz CT molecular complexity index is 809. The zero-order valence-electron chi connectivity index (χ0n) is 14.4. The fourth-order valence-electron chi connectivity index (χ4n) is 2.88.